The summed E-state index contributed by atoms with van der Waals surface area (Å²) in [6, 6.07) is 9.95. The highest BCUT2D eigenvalue weighted by Gasteiger charge is 2.22. The van der Waals surface area contributed by atoms with E-state index in [0.717, 1.165) is 27.8 Å². The van der Waals surface area contributed by atoms with Crippen LogP contribution < -0.4 is 4.74 Å². The largest absolute Gasteiger partial charge is 0.478 e. The zero-order chi connectivity index (χ0) is 17.1. The van der Waals surface area contributed by atoms with E-state index in [-0.39, 0.29) is 0 Å². The minimum atomic E-state index is -0.941. The standard InChI is InChI=1S/C20H24O3/c1-12-6-13(2)10-17(9-12)23-19(20(21)22)11-18-15(4)7-14(3)8-16(18)5/h6-10,19H,11H2,1-5H3,(H,21,22). The summed E-state index contributed by atoms with van der Waals surface area (Å²) >= 11 is 0. The molecule has 0 aromatic heterocycles. The molecule has 3 nitrogen and oxygen atoms in total. The lowest BCUT2D eigenvalue weighted by Crippen LogP contribution is -2.30. The fraction of sp³-hybridized carbons (Fsp3) is 0.350. The minimum absolute atomic E-state index is 0.361. The Balaban J connectivity index is 2.28. The summed E-state index contributed by atoms with van der Waals surface area (Å²) in [6.45, 7) is 10.0. The fourth-order valence-corrected chi connectivity index (χ4v) is 3.06. The number of benzene rings is 2. The lowest BCUT2D eigenvalue weighted by atomic mass is 9.95. The summed E-state index contributed by atoms with van der Waals surface area (Å²) in [4.78, 5) is 11.6. The molecule has 1 unspecified atom stereocenters. The Bertz CT molecular complexity index is 688. The molecule has 1 atom stereocenters. The maximum Gasteiger partial charge on any atom is 0.345 e. The number of carbonyl (C=O) groups is 1. The lowest BCUT2D eigenvalue weighted by Gasteiger charge is -2.19. The highest BCUT2D eigenvalue weighted by Crippen LogP contribution is 2.22. The van der Waals surface area contributed by atoms with E-state index in [1.54, 1.807) is 0 Å². The molecule has 2 aromatic rings. The number of carboxylic acids is 1. The molecule has 122 valence electrons. The van der Waals surface area contributed by atoms with Gasteiger partial charge < -0.3 is 9.84 Å². The number of aryl methyl sites for hydroxylation is 5. The van der Waals surface area contributed by atoms with E-state index in [2.05, 4.69) is 12.1 Å². The Labute approximate surface area is 137 Å². The second-order valence-electron chi connectivity index (χ2n) is 6.35. The van der Waals surface area contributed by atoms with Crippen LogP contribution in [0, 0.1) is 34.6 Å². The van der Waals surface area contributed by atoms with Gasteiger partial charge in [-0.3, -0.25) is 0 Å². The van der Waals surface area contributed by atoms with Gasteiger partial charge in [-0.25, -0.2) is 4.79 Å². The van der Waals surface area contributed by atoms with Crippen LogP contribution >= 0.6 is 0 Å². The molecule has 0 bridgehead atoms. The maximum atomic E-state index is 11.6. The van der Waals surface area contributed by atoms with E-state index in [0.29, 0.717) is 12.2 Å². The predicted octanol–water partition coefficient (Wildman–Crippen LogP) is 4.30. The second kappa shape index (κ2) is 6.86. The first-order valence-corrected chi connectivity index (χ1v) is 7.80. The molecular weight excluding hydrogens is 288 g/mol. The van der Waals surface area contributed by atoms with Gasteiger partial charge in [-0.1, -0.05) is 23.8 Å². The van der Waals surface area contributed by atoms with E-state index in [9.17, 15) is 9.90 Å². The first-order valence-electron chi connectivity index (χ1n) is 7.80. The highest BCUT2D eigenvalue weighted by atomic mass is 16.5. The van der Waals surface area contributed by atoms with Crippen molar-refractivity contribution >= 4 is 5.97 Å². The third-order valence-corrected chi connectivity index (χ3v) is 3.98. The van der Waals surface area contributed by atoms with Crippen molar-refractivity contribution < 1.29 is 14.6 Å². The zero-order valence-electron chi connectivity index (χ0n) is 14.4. The summed E-state index contributed by atoms with van der Waals surface area (Å²) in [5.41, 5.74) is 6.58. The highest BCUT2D eigenvalue weighted by molar-refractivity contribution is 5.73. The molecule has 1 N–H and O–H groups in total. The second-order valence-corrected chi connectivity index (χ2v) is 6.35. The monoisotopic (exact) mass is 312 g/mol. The van der Waals surface area contributed by atoms with Crippen molar-refractivity contribution in [3.05, 3.63) is 63.7 Å². The van der Waals surface area contributed by atoms with Crippen LogP contribution in [0.3, 0.4) is 0 Å². The Morgan fingerprint density at radius 1 is 0.913 bits per heavy atom. The van der Waals surface area contributed by atoms with Crippen LogP contribution in [0.15, 0.2) is 30.3 Å². The van der Waals surface area contributed by atoms with Crippen LogP contribution in [-0.4, -0.2) is 17.2 Å². The van der Waals surface area contributed by atoms with Crippen molar-refractivity contribution in [2.75, 3.05) is 0 Å². The molecule has 0 aliphatic carbocycles. The van der Waals surface area contributed by atoms with Crippen LogP contribution in [0.2, 0.25) is 0 Å². The summed E-state index contributed by atoms with van der Waals surface area (Å²) < 4.78 is 5.78. The van der Waals surface area contributed by atoms with Gasteiger partial charge in [-0.2, -0.15) is 0 Å². The molecule has 2 aromatic carbocycles. The summed E-state index contributed by atoms with van der Waals surface area (Å²) in [5, 5.41) is 9.55. The SMILES string of the molecule is Cc1cc(C)cc(OC(Cc2c(C)cc(C)cc2C)C(=O)O)c1. The molecule has 0 fully saturated rings. The predicted molar refractivity (Wildman–Crippen MR) is 92.3 cm³/mol. The van der Waals surface area contributed by atoms with Crippen LogP contribution in [0.1, 0.15) is 33.4 Å². The van der Waals surface area contributed by atoms with Gasteiger partial charge in [0.05, 0.1) is 0 Å². The van der Waals surface area contributed by atoms with Crippen LogP contribution in [0.5, 0.6) is 5.75 Å². The summed E-state index contributed by atoms with van der Waals surface area (Å²) in [6.07, 6.45) is -0.531. The van der Waals surface area contributed by atoms with E-state index in [4.69, 9.17) is 4.74 Å². The van der Waals surface area contributed by atoms with E-state index < -0.39 is 12.1 Å². The molecule has 0 heterocycles. The smallest absolute Gasteiger partial charge is 0.345 e. The molecular formula is C20H24O3. The number of aliphatic carboxylic acids is 1. The van der Waals surface area contributed by atoms with Gasteiger partial charge in [-0.05, 0) is 74.6 Å². The molecule has 2 rings (SSSR count). The number of rotatable bonds is 5. The van der Waals surface area contributed by atoms with E-state index in [1.165, 1.54) is 5.56 Å². The number of hydrogen-bond donors (Lipinski definition) is 1. The van der Waals surface area contributed by atoms with Gasteiger partial charge >= 0.3 is 5.97 Å². The van der Waals surface area contributed by atoms with Crippen molar-refractivity contribution in [3.8, 4) is 5.75 Å². The van der Waals surface area contributed by atoms with Gasteiger partial charge in [-0.15, -0.1) is 0 Å². The van der Waals surface area contributed by atoms with Gasteiger partial charge in [0, 0.05) is 6.42 Å². The lowest BCUT2D eigenvalue weighted by molar-refractivity contribution is -0.145. The molecule has 3 heteroatoms. The third kappa shape index (κ3) is 4.35. The fourth-order valence-electron chi connectivity index (χ4n) is 3.06. The van der Waals surface area contributed by atoms with Crippen molar-refractivity contribution in [3.63, 3.8) is 0 Å². The zero-order valence-corrected chi connectivity index (χ0v) is 14.4. The Morgan fingerprint density at radius 2 is 1.39 bits per heavy atom. The average Bonchev–Trinajstić information content (AvgIpc) is 2.39. The van der Waals surface area contributed by atoms with Gasteiger partial charge in [0.2, 0.25) is 0 Å². The molecule has 0 saturated heterocycles. The normalized spacial score (nSPS) is 12.0. The summed E-state index contributed by atoms with van der Waals surface area (Å²) in [5.74, 6) is -0.333. The molecule has 0 aliphatic rings. The van der Waals surface area contributed by atoms with Crippen molar-refractivity contribution in [1.82, 2.24) is 0 Å². The van der Waals surface area contributed by atoms with Crippen LogP contribution in [-0.2, 0) is 11.2 Å². The number of ether oxygens (including phenoxy) is 1. The molecule has 0 saturated carbocycles. The van der Waals surface area contributed by atoms with Crippen LogP contribution in [0.25, 0.3) is 0 Å². The molecule has 0 aliphatic heterocycles. The Kier molecular flexibility index (Phi) is 5.09. The molecule has 23 heavy (non-hydrogen) atoms. The van der Waals surface area contributed by atoms with Crippen molar-refractivity contribution in [2.45, 2.75) is 47.1 Å². The average molecular weight is 312 g/mol. The maximum absolute atomic E-state index is 11.6. The van der Waals surface area contributed by atoms with Gasteiger partial charge in [0.1, 0.15) is 5.75 Å². The van der Waals surface area contributed by atoms with Gasteiger partial charge in [0.15, 0.2) is 6.10 Å². The van der Waals surface area contributed by atoms with E-state index >= 15 is 0 Å². The topological polar surface area (TPSA) is 46.5 Å². The first-order chi connectivity index (χ1) is 10.8. The minimum Gasteiger partial charge on any atom is -0.478 e. The summed E-state index contributed by atoms with van der Waals surface area (Å²) in [7, 11) is 0. The number of carboxylic acid groups (broad SMARTS) is 1. The number of hydrogen-bond acceptors (Lipinski definition) is 2. The third-order valence-electron chi connectivity index (χ3n) is 3.98. The van der Waals surface area contributed by atoms with Crippen molar-refractivity contribution in [1.29, 1.82) is 0 Å². The Hall–Kier alpha value is -2.29. The quantitative estimate of drug-likeness (QED) is 0.895. The van der Waals surface area contributed by atoms with Crippen LogP contribution in [0.4, 0.5) is 0 Å². The Morgan fingerprint density at radius 3 is 1.87 bits per heavy atom. The van der Waals surface area contributed by atoms with Gasteiger partial charge in [0.25, 0.3) is 0 Å². The van der Waals surface area contributed by atoms with Crippen molar-refractivity contribution in [2.24, 2.45) is 0 Å². The molecule has 0 radical (unpaired) electrons. The van der Waals surface area contributed by atoms with E-state index in [1.807, 2.05) is 52.8 Å². The first kappa shape index (κ1) is 17.1. The molecule has 0 amide bonds. The molecule has 0 spiro atoms.